The Morgan fingerprint density at radius 1 is 1.30 bits per heavy atom. The molecule has 0 aliphatic heterocycles. The van der Waals surface area contributed by atoms with Gasteiger partial charge in [0.05, 0.1) is 10.8 Å². The summed E-state index contributed by atoms with van der Waals surface area (Å²) >= 11 is 7.33. The van der Waals surface area contributed by atoms with Gasteiger partial charge in [-0.15, -0.1) is 0 Å². The average Bonchev–Trinajstić information content (AvgIpc) is 2.47. The number of para-hydroxylation sites is 1. The number of pyridine rings is 1. The predicted octanol–water partition coefficient (Wildman–Crippen LogP) is 4.03. The number of hydrogen-bond donors (Lipinski definition) is 1. The second-order valence-electron chi connectivity index (χ2n) is 4.14. The van der Waals surface area contributed by atoms with Gasteiger partial charge in [-0.2, -0.15) is 0 Å². The van der Waals surface area contributed by atoms with Crippen molar-refractivity contribution in [2.75, 3.05) is 11.1 Å². The quantitative estimate of drug-likeness (QED) is 0.848. The van der Waals surface area contributed by atoms with Gasteiger partial charge in [0, 0.05) is 11.9 Å². The van der Waals surface area contributed by atoms with Gasteiger partial charge in [-0.3, -0.25) is 4.79 Å². The molecule has 0 aliphatic rings. The smallest absolute Gasteiger partial charge is 0.234 e. The lowest BCUT2D eigenvalue weighted by Crippen LogP contribution is -2.15. The minimum absolute atomic E-state index is 0.0578. The third-order valence-corrected chi connectivity index (χ3v) is 4.16. The van der Waals surface area contributed by atoms with Gasteiger partial charge in [-0.05, 0) is 30.2 Å². The maximum absolute atomic E-state index is 12.0. The monoisotopic (exact) mass is 306 g/mol. The minimum atomic E-state index is -0.0578. The van der Waals surface area contributed by atoms with Crippen LogP contribution in [0.4, 0.5) is 5.69 Å². The fraction of sp³-hybridized carbons (Fsp3) is 0.200. The van der Waals surface area contributed by atoms with Crippen molar-refractivity contribution in [3.8, 4) is 0 Å². The molecule has 0 fully saturated rings. The van der Waals surface area contributed by atoms with E-state index in [1.165, 1.54) is 11.8 Å². The topological polar surface area (TPSA) is 42.0 Å². The maximum Gasteiger partial charge on any atom is 0.234 e. The fourth-order valence-corrected chi connectivity index (χ4v) is 2.71. The van der Waals surface area contributed by atoms with Crippen molar-refractivity contribution in [2.24, 2.45) is 0 Å². The first-order chi connectivity index (χ1) is 9.70. The molecule has 0 aliphatic carbocycles. The van der Waals surface area contributed by atoms with E-state index in [-0.39, 0.29) is 11.7 Å². The van der Waals surface area contributed by atoms with E-state index in [1.807, 2.05) is 24.3 Å². The molecule has 0 unspecified atom stereocenters. The van der Waals surface area contributed by atoms with Crippen LogP contribution in [0.15, 0.2) is 47.6 Å². The van der Waals surface area contributed by atoms with Gasteiger partial charge < -0.3 is 5.32 Å². The number of carbonyl (C=O) groups is 1. The van der Waals surface area contributed by atoms with Gasteiger partial charge in [-0.25, -0.2) is 4.98 Å². The summed E-state index contributed by atoms with van der Waals surface area (Å²) < 4.78 is 0. The summed E-state index contributed by atoms with van der Waals surface area (Å²) in [5.74, 6) is 0.229. The molecule has 1 amide bonds. The summed E-state index contributed by atoms with van der Waals surface area (Å²) in [5, 5.41) is 4.16. The number of amides is 1. The molecule has 1 aromatic carbocycles. The molecule has 0 saturated carbocycles. The van der Waals surface area contributed by atoms with Gasteiger partial charge in [0.25, 0.3) is 0 Å². The highest BCUT2D eigenvalue weighted by Crippen LogP contribution is 2.24. The number of nitrogens with zero attached hydrogens (tertiary/aromatic N) is 1. The zero-order valence-electron chi connectivity index (χ0n) is 11.1. The van der Waals surface area contributed by atoms with Crippen molar-refractivity contribution in [1.82, 2.24) is 4.98 Å². The van der Waals surface area contributed by atoms with Crippen LogP contribution in [0, 0.1) is 0 Å². The number of carbonyl (C=O) groups excluding carboxylic acids is 1. The lowest BCUT2D eigenvalue weighted by Gasteiger charge is -2.09. The third kappa shape index (κ3) is 3.99. The van der Waals surface area contributed by atoms with E-state index in [4.69, 9.17) is 11.6 Å². The van der Waals surface area contributed by atoms with Crippen LogP contribution in [0.25, 0.3) is 0 Å². The van der Waals surface area contributed by atoms with E-state index in [0.29, 0.717) is 10.0 Å². The Balaban J connectivity index is 1.95. The van der Waals surface area contributed by atoms with Crippen LogP contribution < -0.4 is 5.32 Å². The number of halogens is 1. The Hall–Kier alpha value is -1.52. The molecule has 20 heavy (non-hydrogen) atoms. The second kappa shape index (κ2) is 7.31. The number of anilines is 1. The summed E-state index contributed by atoms with van der Waals surface area (Å²) in [7, 11) is 0. The largest absolute Gasteiger partial charge is 0.325 e. The zero-order chi connectivity index (χ0) is 14.4. The van der Waals surface area contributed by atoms with E-state index in [2.05, 4.69) is 17.2 Å². The molecule has 0 radical (unpaired) electrons. The number of aryl methyl sites for hydroxylation is 1. The van der Waals surface area contributed by atoms with E-state index < -0.39 is 0 Å². The van der Waals surface area contributed by atoms with Crippen molar-refractivity contribution in [3.05, 3.63) is 53.2 Å². The van der Waals surface area contributed by atoms with E-state index in [9.17, 15) is 4.79 Å². The molecule has 5 heteroatoms. The Labute approximate surface area is 127 Å². The second-order valence-corrected chi connectivity index (χ2v) is 5.51. The maximum atomic E-state index is 12.0. The van der Waals surface area contributed by atoms with Crippen LogP contribution in [-0.4, -0.2) is 16.6 Å². The van der Waals surface area contributed by atoms with Crippen molar-refractivity contribution in [2.45, 2.75) is 18.4 Å². The first-order valence-corrected chi connectivity index (χ1v) is 7.68. The van der Waals surface area contributed by atoms with Crippen LogP contribution in [0.2, 0.25) is 5.02 Å². The molecule has 1 aromatic heterocycles. The number of thioether (sulfide) groups is 1. The van der Waals surface area contributed by atoms with Crippen LogP contribution >= 0.6 is 23.4 Å². The number of benzene rings is 1. The van der Waals surface area contributed by atoms with Crippen molar-refractivity contribution in [1.29, 1.82) is 0 Å². The summed E-state index contributed by atoms with van der Waals surface area (Å²) in [6.45, 7) is 2.06. The zero-order valence-corrected chi connectivity index (χ0v) is 12.7. The average molecular weight is 307 g/mol. The summed E-state index contributed by atoms with van der Waals surface area (Å²) in [4.78, 5) is 16.1. The molecular weight excluding hydrogens is 292 g/mol. The normalized spacial score (nSPS) is 10.3. The van der Waals surface area contributed by atoms with E-state index >= 15 is 0 Å². The Morgan fingerprint density at radius 3 is 2.85 bits per heavy atom. The number of hydrogen-bond acceptors (Lipinski definition) is 3. The molecular formula is C15H15ClN2OS. The van der Waals surface area contributed by atoms with Crippen molar-refractivity contribution >= 4 is 35.0 Å². The molecule has 0 bridgehead atoms. The molecule has 0 saturated heterocycles. The van der Waals surface area contributed by atoms with E-state index in [1.54, 1.807) is 18.3 Å². The minimum Gasteiger partial charge on any atom is -0.325 e. The molecule has 0 spiro atoms. The van der Waals surface area contributed by atoms with Crippen molar-refractivity contribution in [3.63, 3.8) is 0 Å². The lowest BCUT2D eigenvalue weighted by atomic mass is 10.1. The summed E-state index contributed by atoms with van der Waals surface area (Å²) in [5.41, 5.74) is 1.99. The van der Waals surface area contributed by atoms with Crippen LogP contribution in [0.1, 0.15) is 12.5 Å². The number of aromatic nitrogens is 1. The fourth-order valence-electron chi connectivity index (χ4n) is 1.75. The van der Waals surface area contributed by atoms with Gasteiger partial charge in [0.1, 0.15) is 5.03 Å². The molecule has 2 aromatic rings. The Kier molecular flexibility index (Phi) is 5.44. The van der Waals surface area contributed by atoms with Gasteiger partial charge in [0.2, 0.25) is 5.91 Å². The molecule has 1 N–H and O–H groups in total. The summed E-state index contributed by atoms with van der Waals surface area (Å²) in [6.07, 6.45) is 2.55. The SMILES string of the molecule is CCc1ccccc1NC(=O)CSc1ncccc1Cl. The highest BCUT2D eigenvalue weighted by Gasteiger charge is 2.08. The van der Waals surface area contributed by atoms with Crippen molar-refractivity contribution < 1.29 is 4.79 Å². The standard InChI is InChI=1S/C15H15ClN2OS/c1-2-11-6-3-4-8-13(11)18-14(19)10-20-15-12(16)7-5-9-17-15/h3-9H,2,10H2,1H3,(H,18,19). The lowest BCUT2D eigenvalue weighted by molar-refractivity contribution is -0.113. The molecule has 3 nitrogen and oxygen atoms in total. The number of rotatable bonds is 5. The van der Waals surface area contributed by atoms with Gasteiger partial charge in [0.15, 0.2) is 0 Å². The third-order valence-electron chi connectivity index (χ3n) is 2.74. The number of nitrogens with one attached hydrogen (secondary N) is 1. The van der Waals surface area contributed by atoms with Gasteiger partial charge in [-0.1, -0.05) is 48.5 Å². The molecule has 0 atom stereocenters. The first kappa shape index (κ1) is 14.9. The highest BCUT2D eigenvalue weighted by molar-refractivity contribution is 8.00. The molecule has 1 heterocycles. The highest BCUT2D eigenvalue weighted by atomic mass is 35.5. The Bertz CT molecular complexity index is 604. The van der Waals surface area contributed by atoms with Crippen LogP contribution in [0.5, 0.6) is 0 Å². The molecule has 2 rings (SSSR count). The molecule has 104 valence electrons. The Morgan fingerprint density at radius 2 is 2.10 bits per heavy atom. The summed E-state index contributed by atoms with van der Waals surface area (Å²) in [6, 6.07) is 11.3. The van der Waals surface area contributed by atoms with E-state index in [0.717, 1.165) is 17.7 Å². The predicted molar refractivity (Wildman–Crippen MR) is 84.4 cm³/mol. The van der Waals surface area contributed by atoms with Crippen LogP contribution in [-0.2, 0) is 11.2 Å². The van der Waals surface area contributed by atoms with Gasteiger partial charge >= 0.3 is 0 Å². The first-order valence-electron chi connectivity index (χ1n) is 6.31. The van der Waals surface area contributed by atoms with Crippen LogP contribution in [0.3, 0.4) is 0 Å².